The lowest BCUT2D eigenvalue weighted by Gasteiger charge is -2.12. The highest BCUT2D eigenvalue weighted by molar-refractivity contribution is 5.82. The average molecular weight is 361 g/mol. The third kappa shape index (κ3) is 4.08. The Bertz CT molecular complexity index is 971. The molecule has 3 N–H and O–H groups in total. The van der Waals surface area contributed by atoms with E-state index in [1.807, 2.05) is 30.7 Å². The zero-order valence-electron chi connectivity index (χ0n) is 15.3. The fraction of sp³-hybridized carbons (Fsp3) is 0.182. The van der Waals surface area contributed by atoms with Gasteiger partial charge in [0.15, 0.2) is 0 Å². The van der Waals surface area contributed by atoms with Gasteiger partial charge < -0.3 is 25.1 Å². The summed E-state index contributed by atoms with van der Waals surface area (Å²) in [4.78, 5) is 0. The van der Waals surface area contributed by atoms with E-state index in [2.05, 4.69) is 52.4 Å². The van der Waals surface area contributed by atoms with Crippen molar-refractivity contribution in [3.63, 3.8) is 0 Å². The Morgan fingerprint density at radius 2 is 1.96 bits per heavy atom. The van der Waals surface area contributed by atoms with Crippen LogP contribution in [-0.4, -0.2) is 20.2 Å². The first-order valence-corrected chi connectivity index (χ1v) is 9.07. The molecule has 5 heteroatoms. The monoisotopic (exact) mass is 361 g/mol. The normalized spacial score (nSPS) is 13.1. The molecule has 1 aliphatic heterocycles. The van der Waals surface area contributed by atoms with Crippen LogP contribution in [0.3, 0.4) is 0 Å². The van der Waals surface area contributed by atoms with Gasteiger partial charge in [-0.2, -0.15) is 0 Å². The number of allylic oxidation sites excluding steroid dienone is 1. The van der Waals surface area contributed by atoms with Gasteiger partial charge in [-0.3, -0.25) is 0 Å². The van der Waals surface area contributed by atoms with E-state index in [1.54, 1.807) is 7.11 Å². The summed E-state index contributed by atoms with van der Waals surface area (Å²) in [5.74, 6) is 0.811. The van der Waals surface area contributed by atoms with Gasteiger partial charge in [-0.15, -0.1) is 0 Å². The number of ether oxygens (including phenoxy) is 1. The molecule has 0 atom stereocenters. The van der Waals surface area contributed by atoms with Crippen molar-refractivity contribution in [3.8, 4) is 5.75 Å². The van der Waals surface area contributed by atoms with Crippen molar-refractivity contribution in [3.05, 3.63) is 78.3 Å². The minimum absolute atomic E-state index is 0.811. The molecule has 1 aliphatic rings. The Kier molecular flexibility index (Phi) is 5.01. The third-order valence-electron chi connectivity index (χ3n) is 4.58. The number of methoxy groups -OCH3 is 1. The van der Waals surface area contributed by atoms with Crippen LogP contribution in [0.25, 0.3) is 11.0 Å². The minimum Gasteiger partial charge on any atom is -0.497 e. The topological polar surface area (TPSA) is 58.5 Å². The van der Waals surface area contributed by atoms with Crippen LogP contribution in [0.2, 0.25) is 0 Å². The van der Waals surface area contributed by atoms with E-state index in [0.717, 1.165) is 53.3 Å². The van der Waals surface area contributed by atoms with Gasteiger partial charge >= 0.3 is 0 Å². The quantitative estimate of drug-likeness (QED) is 0.578. The molecule has 0 fully saturated rings. The Morgan fingerprint density at radius 3 is 2.74 bits per heavy atom. The number of nitrogens with one attached hydrogen (secondary N) is 3. The zero-order chi connectivity index (χ0) is 18.5. The van der Waals surface area contributed by atoms with Gasteiger partial charge in [0.1, 0.15) is 11.3 Å². The van der Waals surface area contributed by atoms with E-state index in [0.29, 0.717) is 0 Å². The molecule has 138 valence electrons. The second kappa shape index (κ2) is 7.91. The van der Waals surface area contributed by atoms with Gasteiger partial charge in [0.05, 0.1) is 13.4 Å². The SMILES string of the molecule is COc1ccc2c(CCNc3ccc(NC4=CCNC=C4)cc3)coc2c1. The van der Waals surface area contributed by atoms with Crippen LogP contribution in [0.4, 0.5) is 11.4 Å². The van der Waals surface area contributed by atoms with Gasteiger partial charge in [-0.1, -0.05) is 0 Å². The Hall–Kier alpha value is -3.34. The van der Waals surface area contributed by atoms with Crippen LogP contribution < -0.4 is 20.7 Å². The summed E-state index contributed by atoms with van der Waals surface area (Å²) < 4.78 is 10.9. The summed E-state index contributed by atoms with van der Waals surface area (Å²) in [5, 5.41) is 11.1. The molecular weight excluding hydrogens is 338 g/mol. The molecule has 5 nitrogen and oxygen atoms in total. The van der Waals surface area contributed by atoms with Gasteiger partial charge in [0.2, 0.25) is 0 Å². The van der Waals surface area contributed by atoms with E-state index in [-0.39, 0.29) is 0 Å². The smallest absolute Gasteiger partial charge is 0.137 e. The summed E-state index contributed by atoms with van der Waals surface area (Å²) in [5.41, 5.74) is 5.35. The lowest BCUT2D eigenvalue weighted by molar-refractivity contribution is 0.414. The Balaban J connectivity index is 1.32. The molecule has 0 saturated carbocycles. The van der Waals surface area contributed by atoms with E-state index in [1.165, 1.54) is 5.56 Å². The van der Waals surface area contributed by atoms with Gasteiger partial charge in [-0.25, -0.2) is 0 Å². The van der Waals surface area contributed by atoms with Gasteiger partial charge in [0.25, 0.3) is 0 Å². The molecule has 0 amide bonds. The summed E-state index contributed by atoms with van der Waals surface area (Å²) in [6.45, 7) is 1.70. The number of benzene rings is 2. The highest BCUT2D eigenvalue weighted by atomic mass is 16.5. The van der Waals surface area contributed by atoms with Crippen molar-refractivity contribution in [1.29, 1.82) is 0 Å². The predicted octanol–water partition coefficient (Wildman–Crippen LogP) is 4.51. The number of hydrogen-bond acceptors (Lipinski definition) is 5. The molecule has 0 saturated heterocycles. The van der Waals surface area contributed by atoms with Crippen molar-refractivity contribution >= 4 is 22.3 Å². The molecule has 0 spiro atoms. The standard InChI is InChI=1S/C22H23N3O2/c1-26-20-6-7-21-16(15-27-22(21)14-20)8-13-24-17-2-4-18(5-3-17)25-19-9-11-23-12-10-19/h2-7,9-11,14-15,23-25H,8,12-13H2,1H3. The van der Waals surface area contributed by atoms with Crippen molar-refractivity contribution < 1.29 is 9.15 Å². The largest absolute Gasteiger partial charge is 0.497 e. The number of fused-ring (bicyclic) bond motifs is 1. The average Bonchev–Trinajstić information content (AvgIpc) is 3.12. The number of hydrogen-bond donors (Lipinski definition) is 3. The second-order valence-electron chi connectivity index (χ2n) is 6.40. The van der Waals surface area contributed by atoms with E-state index in [9.17, 15) is 0 Å². The number of rotatable bonds is 7. The van der Waals surface area contributed by atoms with Crippen LogP contribution >= 0.6 is 0 Å². The van der Waals surface area contributed by atoms with Crippen LogP contribution in [0.15, 0.2) is 77.2 Å². The second-order valence-corrected chi connectivity index (χ2v) is 6.40. The van der Waals surface area contributed by atoms with Crippen molar-refractivity contribution in [1.82, 2.24) is 5.32 Å². The lowest BCUT2D eigenvalue weighted by Crippen LogP contribution is -2.12. The maximum absolute atomic E-state index is 5.65. The number of dihydropyridines is 1. The maximum atomic E-state index is 5.65. The molecule has 0 unspecified atom stereocenters. The number of furan rings is 1. The lowest BCUT2D eigenvalue weighted by atomic mass is 10.1. The molecule has 27 heavy (non-hydrogen) atoms. The third-order valence-corrected chi connectivity index (χ3v) is 4.58. The summed E-state index contributed by atoms with van der Waals surface area (Å²) in [6.07, 6.45) is 8.83. The highest BCUT2D eigenvalue weighted by Gasteiger charge is 2.07. The summed E-state index contributed by atoms with van der Waals surface area (Å²) >= 11 is 0. The molecule has 0 aliphatic carbocycles. The van der Waals surface area contributed by atoms with E-state index in [4.69, 9.17) is 9.15 Å². The zero-order valence-corrected chi connectivity index (χ0v) is 15.3. The summed E-state index contributed by atoms with van der Waals surface area (Å²) in [7, 11) is 1.66. The first-order valence-electron chi connectivity index (χ1n) is 9.07. The van der Waals surface area contributed by atoms with Gasteiger partial charge in [-0.05, 0) is 66.7 Å². The Labute approximate surface area is 158 Å². The van der Waals surface area contributed by atoms with Crippen LogP contribution in [0.5, 0.6) is 5.75 Å². The predicted molar refractivity (Wildman–Crippen MR) is 110 cm³/mol. The van der Waals surface area contributed by atoms with Crippen LogP contribution in [-0.2, 0) is 6.42 Å². The molecule has 2 aromatic carbocycles. The van der Waals surface area contributed by atoms with E-state index < -0.39 is 0 Å². The number of anilines is 2. The van der Waals surface area contributed by atoms with Crippen LogP contribution in [0, 0.1) is 0 Å². The van der Waals surface area contributed by atoms with Crippen molar-refractivity contribution in [2.75, 3.05) is 30.8 Å². The Morgan fingerprint density at radius 1 is 1.11 bits per heavy atom. The van der Waals surface area contributed by atoms with Gasteiger partial charge in [0, 0.05) is 41.6 Å². The minimum atomic E-state index is 0.811. The van der Waals surface area contributed by atoms with Crippen molar-refractivity contribution in [2.45, 2.75) is 6.42 Å². The molecule has 1 aromatic heterocycles. The first kappa shape index (κ1) is 17.1. The fourth-order valence-electron chi connectivity index (χ4n) is 3.11. The van der Waals surface area contributed by atoms with Crippen LogP contribution in [0.1, 0.15) is 5.56 Å². The highest BCUT2D eigenvalue weighted by Crippen LogP contribution is 2.26. The molecular formula is C22H23N3O2. The summed E-state index contributed by atoms with van der Waals surface area (Å²) in [6, 6.07) is 14.3. The molecule has 0 radical (unpaired) electrons. The first-order chi connectivity index (χ1) is 13.3. The molecule has 0 bridgehead atoms. The maximum Gasteiger partial charge on any atom is 0.137 e. The fourth-order valence-corrected chi connectivity index (χ4v) is 3.11. The van der Waals surface area contributed by atoms with E-state index >= 15 is 0 Å². The molecule has 3 aromatic rings. The molecule has 2 heterocycles. The van der Waals surface area contributed by atoms with Crippen molar-refractivity contribution in [2.24, 2.45) is 0 Å². The molecule has 4 rings (SSSR count).